The third kappa shape index (κ3) is 4.13. The van der Waals surface area contributed by atoms with E-state index in [-0.39, 0.29) is 0 Å². The lowest BCUT2D eigenvalue weighted by Crippen LogP contribution is -2.37. The van der Waals surface area contributed by atoms with Crippen LogP contribution < -0.4 is 19.4 Å². The third-order valence-corrected chi connectivity index (χ3v) is 9.23. The zero-order chi connectivity index (χ0) is 28.1. The molecule has 6 rings (SSSR count). The van der Waals surface area contributed by atoms with Gasteiger partial charge in [-0.05, 0) is 67.6 Å². The number of methoxy groups -OCH3 is 3. The number of thiophene rings is 1. The molecule has 3 atom stereocenters. The number of imide groups is 1. The summed E-state index contributed by atoms with van der Waals surface area (Å²) < 4.78 is 16.2. The molecular formula is C29H27ClN2O7S. The number of halogens is 1. The molecule has 40 heavy (non-hydrogen) atoms. The highest BCUT2D eigenvalue weighted by atomic mass is 35.5. The average Bonchev–Trinajstić information content (AvgIpc) is 3.62. The Morgan fingerprint density at radius 2 is 1.75 bits per heavy atom. The smallest absolute Gasteiger partial charge is 0.341 e. The minimum Gasteiger partial charge on any atom is -0.497 e. The lowest BCUT2D eigenvalue weighted by atomic mass is 9.90. The maximum atomic E-state index is 14.3. The van der Waals surface area contributed by atoms with Crippen molar-refractivity contribution in [3.05, 3.63) is 69.1 Å². The van der Waals surface area contributed by atoms with Crippen molar-refractivity contribution in [3.8, 4) is 11.5 Å². The normalized spacial score (nSPS) is 21.9. The number of hydroxylamine groups is 1. The summed E-state index contributed by atoms with van der Waals surface area (Å²) >= 11 is 7.45. The number of rotatable bonds is 6. The van der Waals surface area contributed by atoms with Crippen molar-refractivity contribution in [2.75, 3.05) is 31.3 Å². The van der Waals surface area contributed by atoms with Crippen molar-refractivity contribution in [1.29, 1.82) is 0 Å². The van der Waals surface area contributed by atoms with Crippen LogP contribution in [0.3, 0.4) is 0 Å². The number of fused-ring (bicyclic) bond motifs is 2. The van der Waals surface area contributed by atoms with Gasteiger partial charge in [0.05, 0.1) is 38.6 Å². The Balaban J connectivity index is 1.47. The molecule has 11 heteroatoms. The van der Waals surface area contributed by atoms with Crippen LogP contribution in [0.2, 0.25) is 5.02 Å². The standard InChI is InChI=1S/C29H27ClN2O7S/c1-36-17-12-13-18(20(14-17)37-2)24-23-25(39-32(24)16-10-8-15(30)9-11-16)27(34)31(26(23)33)28-22(29(35)38-3)19-6-4-5-7-21(19)40-28/h8-14,23-25H,4-7H2,1-3H3/t23-,24-,25-/m1/s1. The molecule has 1 aromatic heterocycles. The van der Waals surface area contributed by atoms with Crippen molar-refractivity contribution in [1.82, 2.24) is 0 Å². The van der Waals surface area contributed by atoms with Crippen LogP contribution in [0, 0.1) is 5.92 Å². The summed E-state index contributed by atoms with van der Waals surface area (Å²) in [6.07, 6.45) is 2.30. The molecule has 3 heterocycles. The molecule has 208 valence electrons. The van der Waals surface area contributed by atoms with Gasteiger partial charge in [-0.1, -0.05) is 11.6 Å². The largest absolute Gasteiger partial charge is 0.497 e. The third-order valence-electron chi connectivity index (χ3n) is 7.70. The zero-order valence-electron chi connectivity index (χ0n) is 22.1. The molecule has 2 fully saturated rings. The fourth-order valence-electron chi connectivity index (χ4n) is 5.83. The molecule has 3 aromatic rings. The first-order chi connectivity index (χ1) is 19.4. The van der Waals surface area contributed by atoms with E-state index in [1.54, 1.807) is 54.6 Å². The van der Waals surface area contributed by atoms with E-state index >= 15 is 0 Å². The molecule has 2 aliphatic heterocycles. The van der Waals surface area contributed by atoms with E-state index in [0.29, 0.717) is 44.8 Å². The number of benzene rings is 2. The summed E-state index contributed by atoms with van der Waals surface area (Å²) in [6.45, 7) is 0. The molecule has 0 saturated carbocycles. The molecule has 0 bridgehead atoms. The van der Waals surface area contributed by atoms with E-state index in [0.717, 1.165) is 34.6 Å². The second-order valence-corrected chi connectivity index (χ2v) is 11.3. The topological polar surface area (TPSA) is 94.6 Å². The number of anilines is 2. The molecular weight excluding hydrogens is 556 g/mol. The van der Waals surface area contributed by atoms with Gasteiger partial charge in [-0.2, -0.15) is 0 Å². The fraction of sp³-hybridized carbons (Fsp3) is 0.345. The van der Waals surface area contributed by atoms with Gasteiger partial charge in [0, 0.05) is 21.5 Å². The monoisotopic (exact) mass is 582 g/mol. The minimum atomic E-state index is -1.11. The van der Waals surface area contributed by atoms with Crippen molar-refractivity contribution in [2.24, 2.45) is 5.92 Å². The van der Waals surface area contributed by atoms with E-state index in [2.05, 4.69) is 0 Å². The minimum absolute atomic E-state index is 0.303. The van der Waals surface area contributed by atoms with Gasteiger partial charge in [0.2, 0.25) is 5.91 Å². The van der Waals surface area contributed by atoms with E-state index in [9.17, 15) is 14.4 Å². The van der Waals surface area contributed by atoms with E-state index in [4.69, 9.17) is 30.6 Å². The van der Waals surface area contributed by atoms with Crippen LogP contribution in [0.15, 0.2) is 42.5 Å². The van der Waals surface area contributed by atoms with Crippen LogP contribution in [0.5, 0.6) is 11.5 Å². The lowest BCUT2D eigenvalue weighted by molar-refractivity contribution is -0.126. The van der Waals surface area contributed by atoms with Gasteiger partial charge in [0.1, 0.15) is 22.4 Å². The molecule has 3 aliphatic rings. The van der Waals surface area contributed by atoms with Crippen LogP contribution in [-0.4, -0.2) is 45.2 Å². The predicted octanol–water partition coefficient (Wildman–Crippen LogP) is 5.14. The van der Waals surface area contributed by atoms with Crippen LogP contribution in [-0.2, 0) is 32.0 Å². The SMILES string of the molecule is COC(=O)c1c(N2C(=O)[C@@H]3[C@@H](c4ccc(OC)cc4OC)N(c4ccc(Cl)cc4)O[C@H]3C2=O)sc2c1CCCC2. The predicted molar refractivity (Wildman–Crippen MR) is 149 cm³/mol. The molecule has 2 amide bonds. The van der Waals surface area contributed by atoms with E-state index < -0.39 is 35.8 Å². The Kier molecular flexibility index (Phi) is 6.93. The number of ether oxygens (including phenoxy) is 3. The van der Waals surface area contributed by atoms with Gasteiger partial charge >= 0.3 is 5.97 Å². The highest BCUT2D eigenvalue weighted by molar-refractivity contribution is 7.17. The molecule has 0 radical (unpaired) electrons. The molecule has 0 N–H and O–H groups in total. The van der Waals surface area contributed by atoms with Crippen LogP contribution in [0.1, 0.15) is 45.2 Å². The van der Waals surface area contributed by atoms with Gasteiger partial charge in [-0.3, -0.25) is 14.4 Å². The van der Waals surface area contributed by atoms with Crippen molar-refractivity contribution in [3.63, 3.8) is 0 Å². The fourth-order valence-corrected chi connectivity index (χ4v) is 7.34. The summed E-state index contributed by atoms with van der Waals surface area (Å²) in [4.78, 5) is 49.6. The van der Waals surface area contributed by atoms with Gasteiger partial charge in [-0.25, -0.2) is 14.8 Å². The summed E-state index contributed by atoms with van der Waals surface area (Å²) in [6, 6.07) is 11.5. The summed E-state index contributed by atoms with van der Waals surface area (Å²) in [7, 11) is 4.39. The van der Waals surface area contributed by atoms with E-state index in [1.165, 1.54) is 25.6 Å². The van der Waals surface area contributed by atoms with Gasteiger partial charge in [0.25, 0.3) is 5.91 Å². The van der Waals surface area contributed by atoms with Crippen molar-refractivity contribution < 1.29 is 33.4 Å². The number of carbonyl (C=O) groups is 3. The molecule has 2 saturated heterocycles. The average molecular weight is 583 g/mol. The van der Waals surface area contributed by atoms with Crippen LogP contribution in [0.4, 0.5) is 10.7 Å². The Bertz CT molecular complexity index is 1500. The molecule has 1 aliphatic carbocycles. The Hall–Kier alpha value is -3.60. The number of esters is 1. The highest BCUT2D eigenvalue weighted by Gasteiger charge is 2.61. The second kappa shape index (κ2) is 10.4. The van der Waals surface area contributed by atoms with Crippen molar-refractivity contribution >= 4 is 51.4 Å². The number of carbonyl (C=O) groups excluding carboxylic acids is 3. The zero-order valence-corrected chi connectivity index (χ0v) is 23.7. The number of aryl methyl sites for hydroxylation is 1. The van der Waals surface area contributed by atoms with E-state index in [1.807, 2.05) is 0 Å². The van der Waals surface area contributed by atoms with Gasteiger partial charge in [0.15, 0.2) is 6.10 Å². The number of nitrogens with zero attached hydrogens (tertiary/aromatic N) is 2. The first-order valence-electron chi connectivity index (χ1n) is 12.9. The van der Waals surface area contributed by atoms with Crippen LogP contribution >= 0.6 is 22.9 Å². The Morgan fingerprint density at radius 1 is 1.00 bits per heavy atom. The van der Waals surface area contributed by atoms with Gasteiger partial charge in [-0.15, -0.1) is 11.3 Å². The maximum Gasteiger partial charge on any atom is 0.341 e. The molecule has 0 unspecified atom stereocenters. The lowest BCUT2D eigenvalue weighted by Gasteiger charge is -2.29. The quantitative estimate of drug-likeness (QED) is 0.291. The first-order valence-corrected chi connectivity index (χ1v) is 14.1. The van der Waals surface area contributed by atoms with Gasteiger partial charge < -0.3 is 14.2 Å². The number of hydrogen-bond donors (Lipinski definition) is 0. The second-order valence-electron chi connectivity index (χ2n) is 9.80. The van der Waals surface area contributed by atoms with Crippen LogP contribution in [0.25, 0.3) is 0 Å². The molecule has 2 aromatic carbocycles. The summed E-state index contributed by atoms with van der Waals surface area (Å²) in [5, 5.41) is 2.42. The van der Waals surface area contributed by atoms with Crippen molar-refractivity contribution in [2.45, 2.75) is 37.8 Å². The maximum absolute atomic E-state index is 14.3. The number of amides is 2. The summed E-state index contributed by atoms with van der Waals surface area (Å²) in [5.74, 6) is -1.37. The highest BCUT2D eigenvalue weighted by Crippen LogP contribution is 2.52. The number of hydrogen-bond acceptors (Lipinski definition) is 9. The first kappa shape index (κ1) is 26.6. The summed E-state index contributed by atoms with van der Waals surface area (Å²) in [5.41, 5.74) is 2.44. The molecule has 9 nitrogen and oxygen atoms in total. The molecule has 0 spiro atoms. The Morgan fingerprint density at radius 3 is 2.45 bits per heavy atom. The Labute approximate surface area is 240 Å².